The van der Waals surface area contributed by atoms with E-state index in [0.29, 0.717) is 18.7 Å². The zero-order valence-corrected chi connectivity index (χ0v) is 20.3. The first-order chi connectivity index (χ1) is 15.6. The molecule has 1 atom stereocenters. The highest BCUT2D eigenvalue weighted by Gasteiger charge is 2.25. The van der Waals surface area contributed by atoms with Gasteiger partial charge in [-0.3, -0.25) is 4.79 Å². The van der Waals surface area contributed by atoms with Crippen LogP contribution in [0.2, 0.25) is 5.02 Å². The number of aryl methyl sites for hydroxylation is 1. The average Bonchev–Trinajstić information content (AvgIpc) is 3.19. The minimum atomic E-state index is -3.74. The number of esters is 1. The van der Waals surface area contributed by atoms with Gasteiger partial charge in [0.1, 0.15) is 5.65 Å². The number of amides is 1. The van der Waals surface area contributed by atoms with Gasteiger partial charge in [0.05, 0.1) is 15.6 Å². The van der Waals surface area contributed by atoms with Crippen molar-refractivity contribution in [3.05, 3.63) is 59.0 Å². The van der Waals surface area contributed by atoms with Crippen molar-refractivity contribution in [3.8, 4) is 0 Å². The Morgan fingerprint density at radius 1 is 1.21 bits per heavy atom. The number of sulfonamides is 1. The summed E-state index contributed by atoms with van der Waals surface area (Å²) in [5, 5.41) is 2.68. The lowest BCUT2D eigenvalue weighted by Crippen LogP contribution is -2.31. The van der Waals surface area contributed by atoms with Gasteiger partial charge >= 0.3 is 5.97 Å². The highest BCUT2D eigenvalue weighted by atomic mass is 35.5. The Morgan fingerprint density at radius 3 is 2.58 bits per heavy atom. The maximum absolute atomic E-state index is 12.8. The van der Waals surface area contributed by atoms with Crippen LogP contribution in [0.3, 0.4) is 0 Å². The maximum Gasteiger partial charge on any atom is 0.359 e. The van der Waals surface area contributed by atoms with Gasteiger partial charge in [0, 0.05) is 25.5 Å². The van der Waals surface area contributed by atoms with Crippen molar-refractivity contribution in [3.63, 3.8) is 0 Å². The number of nitrogens with one attached hydrogen (secondary N) is 1. The second kappa shape index (κ2) is 9.90. The number of fused-ring (bicyclic) bond motifs is 1. The number of aromatic nitrogens is 2. The van der Waals surface area contributed by atoms with Crippen LogP contribution in [0.15, 0.2) is 47.6 Å². The number of imidazole rings is 1. The molecule has 0 aliphatic carbocycles. The minimum absolute atomic E-state index is 0.00413. The monoisotopic (exact) mass is 492 g/mol. The molecule has 0 bridgehead atoms. The summed E-state index contributed by atoms with van der Waals surface area (Å²) in [5.74, 6) is -1.43. The zero-order valence-electron chi connectivity index (χ0n) is 18.7. The molecule has 1 unspecified atom stereocenters. The first-order valence-electron chi connectivity index (χ1n) is 10.3. The molecule has 0 fully saturated rings. The number of rotatable bonds is 8. The molecule has 1 amide bonds. The lowest BCUT2D eigenvalue weighted by Gasteiger charge is -2.19. The maximum atomic E-state index is 12.8. The minimum Gasteiger partial charge on any atom is -0.448 e. The molecule has 2 heterocycles. The Balaban J connectivity index is 1.74. The summed E-state index contributed by atoms with van der Waals surface area (Å²) in [6, 6.07) is 7.74. The van der Waals surface area contributed by atoms with E-state index in [1.165, 1.54) is 35.6 Å². The van der Waals surface area contributed by atoms with E-state index in [-0.39, 0.29) is 21.3 Å². The van der Waals surface area contributed by atoms with E-state index in [0.717, 1.165) is 5.56 Å². The van der Waals surface area contributed by atoms with Gasteiger partial charge in [-0.15, -0.1) is 0 Å². The average molecular weight is 493 g/mol. The Kier molecular flexibility index (Phi) is 7.41. The second-order valence-electron chi connectivity index (χ2n) is 7.36. The molecule has 176 valence electrons. The van der Waals surface area contributed by atoms with Crippen LogP contribution in [0.4, 0.5) is 5.69 Å². The molecule has 9 nitrogen and oxygen atoms in total. The fourth-order valence-corrected chi connectivity index (χ4v) is 4.81. The van der Waals surface area contributed by atoms with Crippen molar-refractivity contribution in [2.45, 2.75) is 38.7 Å². The molecule has 0 aliphatic rings. The fraction of sp³-hybridized carbons (Fsp3) is 0.318. The van der Waals surface area contributed by atoms with Crippen molar-refractivity contribution in [2.24, 2.45) is 0 Å². The van der Waals surface area contributed by atoms with Gasteiger partial charge in [-0.25, -0.2) is 18.2 Å². The first-order valence-corrected chi connectivity index (χ1v) is 12.2. The van der Waals surface area contributed by atoms with Crippen LogP contribution in [0.1, 0.15) is 36.8 Å². The third kappa shape index (κ3) is 5.35. The number of carbonyl (C=O) groups excluding carboxylic acids is 2. The molecular formula is C22H25ClN4O5S. The van der Waals surface area contributed by atoms with E-state index in [1.807, 2.05) is 19.1 Å². The van der Waals surface area contributed by atoms with Crippen molar-refractivity contribution in [2.75, 3.05) is 18.4 Å². The predicted molar refractivity (Wildman–Crippen MR) is 125 cm³/mol. The largest absolute Gasteiger partial charge is 0.448 e. The van der Waals surface area contributed by atoms with Crippen LogP contribution < -0.4 is 5.32 Å². The highest BCUT2D eigenvalue weighted by Crippen LogP contribution is 2.27. The van der Waals surface area contributed by atoms with Crippen molar-refractivity contribution < 1.29 is 22.7 Å². The van der Waals surface area contributed by atoms with Gasteiger partial charge < -0.3 is 14.5 Å². The van der Waals surface area contributed by atoms with E-state index in [2.05, 4.69) is 10.3 Å². The number of pyridine rings is 1. The fourth-order valence-electron chi connectivity index (χ4n) is 3.16. The van der Waals surface area contributed by atoms with E-state index < -0.39 is 28.0 Å². The molecule has 1 N–H and O–H groups in total. The van der Waals surface area contributed by atoms with Gasteiger partial charge in [0.2, 0.25) is 10.0 Å². The van der Waals surface area contributed by atoms with Gasteiger partial charge in [0.25, 0.3) is 5.91 Å². The molecule has 0 saturated carbocycles. The third-order valence-corrected chi connectivity index (χ3v) is 7.39. The number of hydrogen-bond acceptors (Lipinski definition) is 6. The summed E-state index contributed by atoms with van der Waals surface area (Å²) < 4.78 is 33.7. The number of carbonyl (C=O) groups is 2. The Labute approximate surface area is 197 Å². The molecule has 1 aromatic carbocycles. The van der Waals surface area contributed by atoms with E-state index in [1.54, 1.807) is 24.4 Å². The number of anilines is 1. The molecule has 3 rings (SSSR count). The summed E-state index contributed by atoms with van der Waals surface area (Å²) in [7, 11) is -3.74. The van der Waals surface area contributed by atoms with Gasteiger partial charge in [-0.05, 0) is 49.7 Å². The van der Waals surface area contributed by atoms with Crippen LogP contribution in [-0.4, -0.2) is 53.2 Å². The smallest absolute Gasteiger partial charge is 0.359 e. The summed E-state index contributed by atoms with van der Waals surface area (Å²) in [5.41, 5.74) is 1.73. The highest BCUT2D eigenvalue weighted by molar-refractivity contribution is 7.89. The van der Waals surface area contributed by atoms with Crippen molar-refractivity contribution >= 4 is 44.8 Å². The Hall–Kier alpha value is -2.95. The summed E-state index contributed by atoms with van der Waals surface area (Å²) >= 11 is 6.16. The van der Waals surface area contributed by atoms with Crippen LogP contribution in [0.25, 0.3) is 5.65 Å². The molecule has 3 aromatic rings. The summed E-state index contributed by atoms with van der Waals surface area (Å²) in [6.07, 6.45) is 2.11. The van der Waals surface area contributed by atoms with Crippen LogP contribution >= 0.6 is 11.6 Å². The third-order valence-electron chi connectivity index (χ3n) is 5.02. The number of nitrogens with zero attached hydrogens (tertiary/aromatic N) is 3. The number of halogens is 1. The van der Waals surface area contributed by atoms with Crippen molar-refractivity contribution in [1.29, 1.82) is 0 Å². The molecule has 2 aromatic heterocycles. The quantitative estimate of drug-likeness (QED) is 0.482. The summed E-state index contributed by atoms with van der Waals surface area (Å²) in [6.45, 7) is 7.39. The lowest BCUT2D eigenvalue weighted by molar-refractivity contribution is -0.123. The predicted octanol–water partition coefficient (Wildman–Crippen LogP) is 3.51. The molecule has 0 saturated heterocycles. The van der Waals surface area contributed by atoms with E-state index in [4.69, 9.17) is 16.3 Å². The van der Waals surface area contributed by atoms with Gasteiger partial charge in [0.15, 0.2) is 11.8 Å². The second-order valence-corrected chi connectivity index (χ2v) is 9.71. The molecular weight excluding hydrogens is 468 g/mol. The lowest BCUT2D eigenvalue weighted by atomic mass is 10.3. The standard InChI is InChI=1S/C22H25ClN4O5S/c1-5-27(6-2)33(30,31)16-7-8-17(23)18(12-16)25-21(28)15(4)32-22(29)19-13-26-10-9-14(3)11-20(26)24-19/h7-13,15H,5-6H2,1-4H3,(H,25,28). The number of benzene rings is 1. The molecule has 0 radical (unpaired) electrons. The normalized spacial score (nSPS) is 12.7. The molecule has 0 spiro atoms. The molecule has 11 heteroatoms. The Morgan fingerprint density at radius 2 is 1.91 bits per heavy atom. The van der Waals surface area contributed by atoms with Gasteiger partial charge in [-0.1, -0.05) is 25.4 Å². The number of hydrogen-bond donors (Lipinski definition) is 1. The Bertz CT molecular complexity index is 1300. The zero-order chi connectivity index (χ0) is 24.3. The first kappa shape index (κ1) is 24.7. The van der Waals surface area contributed by atoms with E-state index in [9.17, 15) is 18.0 Å². The molecule has 33 heavy (non-hydrogen) atoms. The topological polar surface area (TPSA) is 110 Å². The molecule has 0 aliphatic heterocycles. The summed E-state index contributed by atoms with van der Waals surface area (Å²) in [4.78, 5) is 29.3. The van der Waals surface area contributed by atoms with Crippen LogP contribution in [0.5, 0.6) is 0 Å². The SMILES string of the molecule is CCN(CC)S(=O)(=O)c1ccc(Cl)c(NC(=O)C(C)OC(=O)c2cn3ccc(C)cc3n2)c1. The van der Waals surface area contributed by atoms with Crippen LogP contribution in [-0.2, 0) is 19.6 Å². The van der Waals surface area contributed by atoms with E-state index >= 15 is 0 Å². The van der Waals surface area contributed by atoms with Crippen molar-refractivity contribution in [1.82, 2.24) is 13.7 Å². The van der Waals surface area contributed by atoms with Gasteiger partial charge in [-0.2, -0.15) is 4.31 Å². The number of ether oxygens (including phenoxy) is 1. The van der Waals surface area contributed by atoms with Crippen LogP contribution in [0, 0.1) is 6.92 Å².